The quantitative estimate of drug-likeness (QED) is 0.513. The van der Waals surface area contributed by atoms with E-state index in [1.54, 1.807) is 0 Å². The second-order valence-corrected chi connectivity index (χ2v) is 4.50. The summed E-state index contributed by atoms with van der Waals surface area (Å²) in [5, 5.41) is 4.15. The molecule has 0 bridgehead atoms. The molecule has 1 heterocycles. The molecule has 106 valence electrons. The average Bonchev–Trinajstić information content (AvgIpc) is 2.78. The monoisotopic (exact) mass is 318 g/mol. The average molecular weight is 319 g/mol. The maximum atomic E-state index is 12.9. The van der Waals surface area contributed by atoms with Gasteiger partial charge in [-0.1, -0.05) is 23.2 Å². The molecule has 0 unspecified atom stereocenters. The van der Waals surface area contributed by atoms with Gasteiger partial charge >= 0.3 is 0 Å². The Morgan fingerprint density at radius 1 is 1.45 bits per heavy atom. The lowest BCUT2D eigenvalue weighted by Crippen LogP contribution is -2.30. The fourth-order valence-corrected chi connectivity index (χ4v) is 1.87. The van der Waals surface area contributed by atoms with Gasteiger partial charge in [0.25, 0.3) is 5.91 Å². The third-order valence-electron chi connectivity index (χ3n) is 2.31. The predicted octanol–water partition coefficient (Wildman–Crippen LogP) is 1.97. The van der Waals surface area contributed by atoms with Crippen LogP contribution < -0.4 is 16.0 Å². The highest BCUT2D eigenvalue weighted by Gasteiger charge is 2.14. The summed E-state index contributed by atoms with van der Waals surface area (Å²) in [5.41, 5.74) is 1.90. The van der Waals surface area contributed by atoms with Gasteiger partial charge in [-0.2, -0.15) is 5.10 Å². The topological polar surface area (TPSA) is 82.2 Å². The van der Waals surface area contributed by atoms with Crippen molar-refractivity contribution >= 4 is 29.1 Å². The van der Waals surface area contributed by atoms with E-state index in [9.17, 15) is 9.18 Å². The van der Waals surface area contributed by atoms with Crippen molar-refractivity contribution in [2.45, 2.75) is 6.73 Å². The third kappa shape index (κ3) is 3.19. The molecule has 9 heteroatoms. The number of aromatic nitrogens is 2. The summed E-state index contributed by atoms with van der Waals surface area (Å²) in [6.45, 7) is -0.0527. The van der Waals surface area contributed by atoms with E-state index in [-0.39, 0.29) is 28.2 Å². The van der Waals surface area contributed by atoms with E-state index in [2.05, 4.69) is 5.10 Å². The number of carbonyl (C=O) groups excluding carboxylic acids is 1. The Labute approximate surface area is 123 Å². The lowest BCUT2D eigenvalue weighted by atomic mass is 10.3. The van der Waals surface area contributed by atoms with E-state index in [4.69, 9.17) is 33.8 Å². The van der Waals surface area contributed by atoms with Gasteiger partial charge in [0.05, 0.1) is 10.0 Å². The van der Waals surface area contributed by atoms with Crippen LogP contribution in [0.2, 0.25) is 10.0 Å². The predicted molar refractivity (Wildman–Crippen MR) is 70.9 cm³/mol. The summed E-state index contributed by atoms with van der Waals surface area (Å²) in [6.07, 6.45) is 1.39. The Kier molecular flexibility index (Phi) is 4.43. The van der Waals surface area contributed by atoms with Crippen LogP contribution in [0.5, 0.6) is 5.75 Å². The Bertz CT molecular complexity index is 647. The molecule has 0 aliphatic rings. The number of ether oxygens (including phenoxy) is 1. The lowest BCUT2D eigenvalue weighted by Gasteiger charge is -2.07. The van der Waals surface area contributed by atoms with Crippen LogP contribution in [0.25, 0.3) is 0 Å². The standard InChI is InChI=1S/C11H9Cl2FN4O2/c12-7-3-6(14)1-2-9(7)20-5-18-4-8(13)10(17-18)11(19)16-15/h1-4H,5,15H2,(H,16,19). The van der Waals surface area contributed by atoms with Crippen LogP contribution in [0, 0.1) is 5.82 Å². The molecule has 1 amide bonds. The van der Waals surface area contributed by atoms with Gasteiger partial charge in [-0.3, -0.25) is 10.2 Å². The summed E-state index contributed by atoms with van der Waals surface area (Å²) < 4.78 is 19.5. The van der Waals surface area contributed by atoms with Crippen LogP contribution >= 0.6 is 23.2 Å². The molecule has 3 N–H and O–H groups in total. The maximum absolute atomic E-state index is 12.9. The van der Waals surface area contributed by atoms with Crippen LogP contribution in [-0.2, 0) is 6.73 Å². The van der Waals surface area contributed by atoms with Crippen molar-refractivity contribution in [3.63, 3.8) is 0 Å². The number of halogens is 3. The number of hydrogen-bond donors (Lipinski definition) is 2. The van der Waals surface area contributed by atoms with E-state index in [1.165, 1.54) is 23.0 Å². The molecule has 0 atom stereocenters. The van der Waals surface area contributed by atoms with Crippen LogP contribution in [0.3, 0.4) is 0 Å². The molecular weight excluding hydrogens is 310 g/mol. The molecule has 0 saturated heterocycles. The first kappa shape index (κ1) is 14.6. The third-order valence-corrected chi connectivity index (χ3v) is 2.88. The highest BCUT2D eigenvalue weighted by Crippen LogP contribution is 2.25. The van der Waals surface area contributed by atoms with Crippen molar-refractivity contribution in [3.05, 3.63) is 46.0 Å². The molecule has 0 fully saturated rings. The minimum Gasteiger partial charge on any atom is -0.470 e. The smallest absolute Gasteiger partial charge is 0.287 e. The van der Waals surface area contributed by atoms with Gasteiger partial charge in [0.2, 0.25) is 0 Å². The Morgan fingerprint density at radius 3 is 2.85 bits per heavy atom. The van der Waals surface area contributed by atoms with Crippen molar-refractivity contribution in [1.29, 1.82) is 0 Å². The van der Waals surface area contributed by atoms with Crippen LogP contribution in [0.1, 0.15) is 10.5 Å². The molecule has 0 aliphatic heterocycles. The first-order valence-electron chi connectivity index (χ1n) is 5.33. The normalized spacial score (nSPS) is 10.4. The van der Waals surface area contributed by atoms with Gasteiger partial charge in [-0.15, -0.1) is 0 Å². The number of hydrazine groups is 1. The number of amides is 1. The Balaban J connectivity index is 2.09. The summed E-state index contributed by atoms with van der Waals surface area (Å²) in [6, 6.07) is 3.72. The van der Waals surface area contributed by atoms with Gasteiger partial charge in [0.15, 0.2) is 12.4 Å². The molecule has 0 saturated carbocycles. The molecule has 2 rings (SSSR count). The second-order valence-electron chi connectivity index (χ2n) is 3.69. The van der Waals surface area contributed by atoms with Gasteiger partial charge in [-0.05, 0) is 18.2 Å². The number of nitrogens with zero attached hydrogens (tertiary/aromatic N) is 2. The summed E-state index contributed by atoms with van der Waals surface area (Å²) >= 11 is 11.6. The maximum Gasteiger partial charge on any atom is 0.287 e. The molecule has 1 aromatic carbocycles. The van der Waals surface area contributed by atoms with E-state index < -0.39 is 11.7 Å². The van der Waals surface area contributed by atoms with Crippen molar-refractivity contribution in [2.24, 2.45) is 5.84 Å². The minimum atomic E-state index is -0.617. The number of carbonyl (C=O) groups is 1. The fourth-order valence-electron chi connectivity index (χ4n) is 1.41. The first-order valence-corrected chi connectivity index (χ1v) is 6.08. The molecule has 20 heavy (non-hydrogen) atoms. The largest absolute Gasteiger partial charge is 0.470 e. The molecule has 6 nitrogen and oxygen atoms in total. The Hall–Kier alpha value is -1.83. The van der Waals surface area contributed by atoms with Gasteiger partial charge < -0.3 is 4.74 Å². The molecule has 0 radical (unpaired) electrons. The van der Waals surface area contributed by atoms with Gasteiger partial charge in [0, 0.05) is 6.20 Å². The summed E-state index contributed by atoms with van der Waals surface area (Å²) in [4.78, 5) is 11.3. The van der Waals surface area contributed by atoms with E-state index in [0.717, 1.165) is 6.07 Å². The van der Waals surface area contributed by atoms with E-state index in [1.807, 2.05) is 5.43 Å². The number of nitrogens with one attached hydrogen (secondary N) is 1. The summed E-state index contributed by atoms with van der Waals surface area (Å²) in [5.74, 6) is 4.19. The molecular formula is C11H9Cl2FN4O2. The van der Waals surface area contributed by atoms with Crippen LogP contribution in [0.4, 0.5) is 4.39 Å². The van der Waals surface area contributed by atoms with Crippen molar-refractivity contribution in [2.75, 3.05) is 0 Å². The molecule has 1 aromatic heterocycles. The second kappa shape index (κ2) is 6.08. The molecule has 0 aliphatic carbocycles. The van der Waals surface area contributed by atoms with Crippen molar-refractivity contribution < 1.29 is 13.9 Å². The zero-order valence-electron chi connectivity index (χ0n) is 9.94. The highest BCUT2D eigenvalue weighted by atomic mass is 35.5. The zero-order chi connectivity index (χ0) is 14.7. The van der Waals surface area contributed by atoms with Crippen LogP contribution in [0.15, 0.2) is 24.4 Å². The minimum absolute atomic E-state index is 0.0250. The zero-order valence-corrected chi connectivity index (χ0v) is 11.5. The number of nitrogen functional groups attached to an aromatic ring is 1. The fraction of sp³-hybridized carbons (Fsp3) is 0.0909. The van der Waals surface area contributed by atoms with E-state index in [0.29, 0.717) is 0 Å². The summed E-state index contributed by atoms with van der Waals surface area (Å²) in [7, 11) is 0. The van der Waals surface area contributed by atoms with Crippen molar-refractivity contribution in [1.82, 2.24) is 15.2 Å². The van der Waals surface area contributed by atoms with Gasteiger partial charge in [-0.25, -0.2) is 14.9 Å². The van der Waals surface area contributed by atoms with E-state index >= 15 is 0 Å². The Morgan fingerprint density at radius 2 is 2.20 bits per heavy atom. The number of rotatable bonds is 4. The first-order chi connectivity index (χ1) is 9.51. The highest BCUT2D eigenvalue weighted by molar-refractivity contribution is 6.33. The molecule has 2 aromatic rings. The lowest BCUT2D eigenvalue weighted by molar-refractivity contribution is 0.0946. The van der Waals surface area contributed by atoms with Gasteiger partial charge in [0.1, 0.15) is 11.6 Å². The molecule has 0 spiro atoms. The SMILES string of the molecule is NNC(=O)c1nn(COc2ccc(F)cc2Cl)cc1Cl. The van der Waals surface area contributed by atoms with Crippen molar-refractivity contribution in [3.8, 4) is 5.75 Å². The number of hydrogen-bond acceptors (Lipinski definition) is 4. The number of nitrogens with two attached hydrogens (primary N) is 1. The number of benzene rings is 1. The van der Waals surface area contributed by atoms with Crippen LogP contribution in [-0.4, -0.2) is 15.7 Å².